The van der Waals surface area contributed by atoms with Gasteiger partial charge in [-0.25, -0.2) is 14.5 Å². The van der Waals surface area contributed by atoms with E-state index in [-0.39, 0.29) is 34.9 Å². The second-order valence-electron chi connectivity index (χ2n) is 8.67. The average Bonchev–Trinajstić information content (AvgIpc) is 2.96. The summed E-state index contributed by atoms with van der Waals surface area (Å²) in [6.07, 6.45) is -3.66. The lowest BCUT2D eigenvalue weighted by molar-refractivity contribution is -0.385. The zero-order valence-electron chi connectivity index (χ0n) is 22.3. The maximum atomic E-state index is 13.2. The number of ether oxygens (including phenoxy) is 3. The predicted molar refractivity (Wildman–Crippen MR) is 143 cm³/mol. The molecule has 0 spiro atoms. The molecule has 222 valence electrons. The number of urea groups is 1. The molecule has 0 bridgehead atoms. The highest BCUT2D eigenvalue weighted by atomic mass is 19.4. The normalized spacial score (nSPS) is 14.4. The fraction of sp³-hybridized carbons (Fsp3) is 0.143. The van der Waals surface area contributed by atoms with Crippen LogP contribution in [0.3, 0.4) is 0 Å². The number of rotatable bonds is 8. The summed E-state index contributed by atoms with van der Waals surface area (Å²) in [5, 5.41) is 13.5. The van der Waals surface area contributed by atoms with Gasteiger partial charge >= 0.3 is 23.9 Å². The molecule has 4 rings (SSSR count). The van der Waals surface area contributed by atoms with E-state index < -0.39 is 57.5 Å². The summed E-state index contributed by atoms with van der Waals surface area (Å²) >= 11 is 0. The first kappa shape index (κ1) is 30.2. The highest BCUT2D eigenvalue weighted by Crippen LogP contribution is 2.40. The fourth-order valence-corrected chi connectivity index (χ4v) is 3.93. The van der Waals surface area contributed by atoms with Gasteiger partial charge in [-0.2, -0.15) is 13.2 Å². The smallest absolute Gasteiger partial charge is 0.416 e. The number of hydrogen-bond acceptors (Lipinski definition) is 9. The van der Waals surface area contributed by atoms with Crippen molar-refractivity contribution in [3.63, 3.8) is 0 Å². The Labute approximate surface area is 240 Å². The van der Waals surface area contributed by atoms with E-state index in [2.05, 4.69) is 10.1 Å². The van der Waals surface area contributed by atoms with Crippen LogP contribution < -0.4 is 19.7 Å². The second kappa shape index (κ2) is 12.0. The van der Waals surface area contributed by atoms with Crippen molar-refractivity contribution in [1.82, 2.24) is 5.32 Å². The molecule has 1 N–H and O–H groups in total. The fourth-order valence-electron chi connectivity index (χ4n) is 3.93. The zero-order chi connectivity index (χ0) is 31.5. The van der Waals surface area contributed by atoms with Gasteiger partial charge in [0.15, 0.2) is 11.5 Å². The Hall–Kier alpha value is -5.73. The number of alkyl halides is 3. The SMILES string of the molecule is CCOc1cc(/C=C2\C(=O)NC(=O)N(c3ccc(C(=O)OC)cc3)C2=O)ccc1Oc1ccc(C(F)(F)F)cc1[N+](=O)[O-]. The van der Waals surface area contributed by atoms with E-state index in [1.165, 1.54) is 49.6 Å². The molecular formula is C28H20F3N3O9. The molecule has 4 amide bonds. The molecule has 0 unspecified atom stereocenters. The van der Waals surface area contributed by atoms with Crippen LogP contribution in [0.2, 0.25) is 0 Å². The molecule has 43 heavy (non-hydrogen) atoms. The van der Waals surface area contributed by atoms with Gasteiger partial charge in [-0.1, -0.05) is 6.07 Å². The van der Waals surface area contributed by atoms with Crippen LogP contribution >= 0.6 is 0 Å². The first-order valence-corrected chi connectivity index (χ1v) is 12.2. The first-order valence-electron chi connectivity index (χ1n) is 12.2. The summed E-state index contributed by atoms with van der Waals surface area (Å²) in [5.41, 5.74) is -2.17. The standard InChI is InChI=1S/C28H20F3N3O9/c1-3-42-23-13-15(4-10-22(23)43-21-11-7-17(28(29,30)31)14-20(21)34(39)40)12-19-24(35)32-27(38)33(25(19)36)18-8-5-16(6-9-18)26(37)41-2/h4-14H,3H2,1-2H3,(H,32,35,38)/b19-12+. The summed E-state index contributed by atoms with van der Waals surface area (Å²) < 4.78 is 54.9. The zero-order valence-corrected chi connectivity index (χ0v) is 22.3. The van der Waals surface area contributed by atoms with Gasteiger partial charge in [0.05, 0.1) is 35.5 Å². The quantitative estimate of drug-likeness (QED) is 0.120. The third kappa shape index (κ3) is 6.45. The minimum absolute atomic E-state index is 0.0129. The number of carbonyl (C=O) groups is 4. The van der Waals surface area contributed by atoms with Gasteiger partial charge in [0, 0.05) is 6.07 Å². The van der Waals surface area contributed by atoms with Crippen LogP contribution in [0, 0.1) is 10.1 Å². The van der Waals surface area contributed by atoms with Crippen LogP contribution in [-0.2, 0) is 20.5 Å². The van der Waals surface area contributed by atoms with Gasteiger partial charge in [0.1, 0.15) is 5.57 Å². The molecule has 1 heterocycles. The van der Waals surface area contributed by atoms with Gasteiger partial charge < -0.3 is 14.2 Å². The van der Waals surface area contributed by atoms with Crippen LogP contribution in [0.4, 0.5) is 29.3 Å². The van der Waals surface area contributed by atoms with Crippen LogP contribution in [0.25, 0.3) is 6.08 Å². The van der Waals surface area contributed by atoms with Crippen molar-refractivity contribution in [2.24, 2.45) is 0 Å². The molecule has 1 fully saturated rings. The molecule has 1 aliphatic rings. The van der Waals surface area contributed by atoms with E-state index in [1.807, 2.05) is 0 Å². The number of esters is 1. The molecule has 0 aliphatic carbocycles. The Morgan fingerprint density at radius 3 is 2.28 bits per heavy atom. The monoisotopic (exact) mass is 599 g/mol. The van der Waals surface area contributed by atoms with Crippen molar-refractivity contribution < 1.29 is 51.5 Å². The van der Waals surface area contributed by atoms with E-state index in [0.29, 0.717) is 17.0 Å². The highest BCUT2D eigenvalue weighted by Gasteiger charge is 2.37. The minimum atomic E-state index is -4.82. The van der Waals surface area contributed by atoms with E-state index in [4.69, 9.17) is 9.47 Å². The van der Waals surface area contributed by atoms with Gasteiger partial charge in [0.2, 0.25) is 5.75 Å². The largest absolute Gasteiger partial charge is 0.490 e. The average molecular weight is 599 g/mol. The van der Waals surface area contributed by atoms with Crippen molar-refractivity contribution >= 4 is 41.3 Å². The summed E-state index contributed by atoms with van der Waals surface area (Å²) in [6.45, 7) is 1.69. The lowest BCUT2D eigenvalue weighted by Crippen LogP contribution is -2.54. The van der Waals surface area contributed by atoms with Crippen molar-refractivity contribution in [3.05, 3.63) is 93.0 Å². The number of nitro groups is 1. The number of nitrogens with one attached hydrogen (secondary N) is 1. The van der Waals surface area contributed by atoms with E-state index >= 15 is 0 Å². The van der Waals surface area contributed by atoms with Crippen LogP contribution in [0.1, 0.15) is 28.4 Å². The summed E-state index contributed by atoms with van der Waals surface area (Å²) in [6, 6.07) is 10.0. The molecule has 1 aliphatic heterocycles. The third-order valence-corrected chi connectivity index (χ3v) is 5.93. The molecular weight excluding hydrogens is 579 g/mol. The maximum absolute atomic E-state index is 13.2. The second-order valence-corrected chi connectivity index (χ2v) is 8.67. The molecule has 1 saturated heterocycles. The number of hydrogen-bond donors (Lipinski definition) is 1. The number of methoxy groups -OCH3 is 1. The molecule has 0 saturated carbocycles. The number of barbiturate groups is 1. The lowest BCUT2D eigenvalue weighted by atomic mass is 10.1. The van der Waals surface area contributed by atoms with Gasteiger partial charge in [-0.15, -0.1) is 0 Å². The summed E-state index contributed by atoms with van der Waals surface area (Å²) in [7, 11) is 1.19. The number of imide groups is 2. The van der Waals surface area contributed by atoms with Gasteiger partial charge in [-0.3, -0.25) is 25.0 Å². The van der Waals surface area contributed by atoms with Crippen molar-refractivity contribution in [2.45, 2.75) is 13.1 Å². The first-order chi connectivity index (χ1) is 20.3. The Bertz CT molecular complexity index is 1670. The number of benzene rings is 3. The molecule has 3 aromatic rings. The summed E-state index contributed by atoms with van der Waals surface area (Å²) in [4.78, 5) is 61.1. The minimum Gasteiger partial charge on any atom is -0.490 e. The molecule has 3 aromatic carbocycles. The Morgan fingerprint density at radius 2 is 1.67 bits per heavy atom. The van der Waals surface area contributed by atoms with Gasteiger partial charge in [0.25, 0.3) is 11.8 Å². The summed E-state index contributed by atoms with van der Waals surface area (Å²) in [5.74, 6) is -3.20. The molecule has 0 radical (unpaired) electrons. The number of anilines is 1. The van der Waals surface area contributed by atoms with Crippen molar-refractivity contribution in [1.29, 1.82) is 0 Å². The number of halogens is 3. The van der Waals surface area contributed by atoms with Crippen molar-refractivity contribution in [3.8, 4) is 17.2 Å². The lowest BCUT2D eigenvalue weighted by Gasteiger charge is -2.26. The number of amides is 4. The third-order valence-electron chi connectivity index (χ3n) is 5.93. The topological polar surface area (TPSA) is 154 Å². The maximum Gasteiger partial charge on any atom is 0.416 e. The van der Waals surface area contributed by atoms with E-state index in [1.54, 1.807) is 6.92 Å². The highest BCUT2D eigenvalue weighted by molar-refractivity contribution is 6.39. The molecule has 0 atom stereocenters. The number of nitro benzene ring substituents is 1. The Morgan fingerprint density at radius 1 is 1.00 bits per heavy atom. The van der Waals surface area contributed by atoms with E-state index in [0.717, 1.165) is 12.1 Å². The van der Waals surface area contributed by atoms with Crippen LogP contribution in [0.15, 0.2) is 66.2 Å². The van der Waals surface area contributed by atoms with Gasteiger partial charge in [-0.05, 0) is 67.1 Å². The number of carbonyl (C=O) groups excluding carboxylic acids is 4. The Kier molecular flexibility index (Phi) is 8.45. The molecule has 0 aromatic heterocycles. The molecule has 15 heteroatoms. The predicted octanol–water partition coefficient (Wildman–Crippen LogP) is 5.26. The van der Waals surface area contributed by atoms with Crippen LogP contribution in [-0.4, -0.2) is 42.5 Å². The van der Waals surface area contributed by atoms with E-state index in [9.17, 15) is 42.5 Å². The Balaban J connectivity index is 1.67. The van der Waals surface area contributed by atoms with Crippen molar-refractivity contribution in [2.75, 3.05) is 18.6 Å². The van der Waals surface area contributed by atoms with Crippen LogP contribution in [0.5, 0.6) is 17.2 Å². The number of nitrogens with zero attached hydrogens (tertiary/aromatic N) is 2. The molecule has 12 nitrogen and oxygen atoms in total.